The minimum atomic E-state index is 0.559. The van der Waals surface area contributed by atoms with Crippen molar-refractivity contribution in [1.29, 1.82) is 0 Å². The number of nitrogens with zero attached hydrogens (tertiary/aromatic N) is 2. The lowest BCUT2D eigenvalue weighted by Crippen LogP contribution is -2.06. The predicted molar refractivity (Wildman–Crippen MR) is 54.6 cm³/mol. The average molecular weight is 222 g/mol. The van der Waals surface area contributed by atoms with Gasteiger partial charge in [-0.05, 0) is 6.42 Å². The topological polar surface area (TPSA) is 47.0 Å². The Morgan fingerprint density at radius 2 is 2.46 bits per heavy atom. The molecule has 0 saturated heterocycles. The fourth-order valence-corrected chi connectivity index (χ4v) is 1.36. The molecular formula is C7H12ClN3OS. The van der Waals surface area contributed by atoms with Crippen LogP contribution in [0.2, 0.25) is 0 Å². The van der Waals surface area contributed by atoms with Gasteiger partial charge in [-0.3, -0.25) is 0 Å². The summed E-state index contributed by atoms with van der Waals surface area (Å²) in [4.78, 5) is 0. The van der Waals surface area contributed by atoms with Crippen molar-refractivity contribution in [1.82, 2.24) is 10.2 Å². The van der Waals surface area contributed by atoms with E-state index in [1.165, 1.54) is 11.3 Å². The number of aromatic nitrogens is 2. The Balaban J connectivity index is 1.90. The number of ether oxygens (including phenoxy) is 1. The lowest BCUT2D eigenvalue weighted by Gasteiger charge is -2.02. The Labute approximate surface area is 86.3 Å². The van der Waals surface area contributed by atoms with Crippen molar-refractivity contribution >= 4 is 28.1 Å². The van der Waals surface area contributed by atoms with Crippen molar-refractivity contribution in [3.8, 4) is 0 Å². The predicted octanol–water partition coefficient (Wildman–Crippen LogP) is 1.60. The summed E-state index contributed by atoms with van der Waals surface area (Å²) in [5.41, 5.74) is 1.70. The normalized spacial score (nSPS) is 10.2. The molecule has 0 spiro atoms. The van der Waals surface area contributed by atoms with Crippen molar-refractivity contribution < 1.29 is 4.74 Å². The Bertz CT molecular complexity index is 208. The van der Waals surface area contributed by atoms with Crippen LogP contribution in [0.3, 0.4) is 0 Å². The Kier molecular flexibility index (Phi) is 5.80. The van der Waals surface area contributed by atoms with Crippen LogP contribution in [-0.2, 0) is 4.74 Å². The van der Waals surface area contributed by atoms with Crippen LogP contribution in [0.15, 0.2) is 5.51 Å². The Hall–Kier alpha value is -0.390. The van der Waals surface area contributed by atoms with E-state index in [0.717, 1.165) is 24.7 Å². The first-order chi connectivity index (χ1) is 6.43. The minimum absolute atomic E-state index is 0.559. The molecule has 0 saturated carbocycles. The van der Waals surface area contributed by atoms with Crippen molar-refractivity contribution in [3.05, 3.63) is 5.51 Å². The highest BCUT2D eigenvalue weighted by molar-refractivity contribution is 7.13. The highest BCUT2D eigenvalue weighted by Gasteiger charge is 1.93. The van der Waals surface area contributed by atoms with Crippen LogP contribution >= 0.6 is 22.9 Å². The molecule has 0 atom stereocenters. The molecule has 0 bridgehead atoms. The summed E-state index contributed by atoms with van der Waals surface area (Å²) in [5.74, 6) is 0.559. The highest BCUT2D eigenvalue weighted by atomic mass is 35.5. The summed E-state index contributed by atoms with van der Waals surface area (Å²) >= 11 is 6.93. The molecule has 4 nitrogen and oxygen atoms in total. The van der Waals surface area contributed by atoms with Crippen molar-refractivity contribution in [2.45, 2.75) is 6.42 Å². The molecule has 0 radical (unpaired) electrons. The van der Waals surface area contributed by atoms with E-state index in [1.807, 2.05) is 0 Å². The zero-order chi connectivity index (χ0) is 9.36. The van der Waals surface area contributed by atoms with E-state index >= 15 is 0 Å². The van der Waals surface area contributed by atoms with Crippen LogP contribution in [0.1, 0.15) is 6.42 Å². The fourth-order valence-electron chi connectivity index (χ4n) is 0.776. The number of anilines is 1. The molecule has 0 fully saturated rings. The van der Waals surface area contributed by atoms with E-state index < -0.39 is 0 Å². The maximum atomic E-state index is 5.44. The first kappa shape index (κ1) is 10.7. The number of rotatable bonds is 7. The maximum absolute atomic E-state index is 5.44. The minimum Gasteiger partial charge on any atom is -0.380 e. The third-order valence-corrected chi connectivity index (χ3v) is 2.13. The summed E-state index contributed by atoms with van der Waals surface area (Å²) in [7, 11) is 0. The molecule has 0 aliphatic rings. The third-order valence-electron chi connectivity index (χ3n) is 1.32. The lowest BCUT2D eigenvalue weighted by atomic mass is 10.4. The number of nitrogens with one attached hydrogen (secondary N) is 1. The zero-order valence-electron chi connectivity index (χ0n) is 7.20. The van der Waals surface area contributed by atoms with Gasteiger partial charge in [-0.2, -0.15) is 0 Å². The van der Waals surface area contributed by atoms with Gasteiger partial charge in [-0.1, -0.05) is 11.3 Å². The standard InChI is InChI=1S/C7H12ClN3OS/c8-2-5-12-4-1-3-9-7-11-10-6-13-7/h6H,1-5H2,(H,9,11). The van der Waals surface area contributed by atoms with Crippen LogP contribution < -0.4 is 5.32 Å². The lowest BCUT2D eigenvalue weighted by molar-refractivity contribution is 0.149. The molecule has 6 heteroatoms. The third kappa shape index (κ3) is 5.02. The molecule has 13 heavy (non-hydrogen) atoms. The van der Waals surface area contributed by atoms with Crippen LogP contribution in [-0.4, -0.2) is 35.8 Å². The van der Waals surface area contributed by atoms with Gasteiger partial charge in [0.25, 0.3) is 0 Å². The molecule has 1 rings (SSSR count). The number of hydrogen-bond acceptors (Lipinski definition) is 5. The summed E-state index contributed by atoms with van der Waals surface area (Å²) in [6, 6.07) is 0. The van der Waals surface area contributed by atoms with E-state index in [1.54, 1.807) is 5.51 Å². The SMILES string of the molecule is ClCCOCCCNc1nncs1. The maximum Gasteiger partial charge on any atom is 0.205 e. The van der Waals surface area contributed by atoms with E-state index in [9.17, 15) is 0 Å². The van der Waals surface area contributed by atoms with Gasteiger partial charge in [0.1, 0.15) is 5.51 Å². The second kappa shape index (κ2) is 7.06. The van der Waals surface area contributed by atoms with Crippen molar-refractivity contribution in [2.24, 2.45) is 0 Å². The van der Waals surface area contributed by atoms with Gasteiger partial charge < -0.3 is 10.1 Å². The first-order valence-electron chi connectivity index (χ1n) is 4.07. The summed E-state index contributed by atoms with van der Waals surface area (Å²) in [6.45, 7) is 2.22. The monoisotopic (exact) mass is 221 g/mol. The molecule has 0 aliphatic carbocycles. The molecule has 0 aliphatic heterocycles. The van der Waals surface area contributed by atoms with E-state index in [-0.39, 0.29) is 0 Å². The van der Waals surface area contributed by atoms with Crippen molar-refractivity contribution in [2.75, 3.05) is 31.0 Å². The molecule has 1 N–H and O–H groups in total. The molecular weight excluding hydrogens is 210 g/mol. The van der Waals surface area contributed by atoms with Crippen LogP contribution in [0.5, 0.6) is 0 Å². The van der Waals surface area contributed by atoms with Gasteiger partial charge in [0.15, 0.2) is 0 Å². The molecule has 1 aromatic heterocycles. The van der Waals surface area contributed by atoms with Gasteiger partial charge >= 0.3 is 0 Å². The van der Waals surface area contributed by atoms with Gasteiger partial charge in [-0.15, -0.1) is 21.8 Å². The Morgan fingerprint density at radius 1 is 1.54 bits per heavy atom. The summed E-state index contributed by atoms with van der Waals surface area (Å²) in [5, 5.41) is 11.5. The van der Waals surface area contributed by atoms with Crippen molar-refractivity contribution in [3.63, 3.8) is 0 Å². The molecule has 1 aromatic rings. The highest BCUT2D eigenvalue weighted by Crippen LogP contribution is 2.06. The average Bonchev–Trinajstić information content (AvgIpc) is 2.63. The van der Waals surface area contributed by atoms with E-state index in [0.29, 0.717) is 12.5 Å². The quantitative estimate of drug-likeness (QED) is 0.561. The molecule has 74 valence electrons. The number of alkyl halides is 1. The van der Waals surface area contributed by atoms with E-state index in [4.69, 9.17) is 16.3 Å². The Morgan fingerprint density at radius 3 is 3.15 bits per heavy atom. The largest absolute Gasteiger partial charge is 0.380 e. The van der Waals surface area contributed by atoms with Gasteiger partial charge in [0.05, 0.1) is 6.61 Å². The molecule has 1 heterocycles. The van der Waals surface area contributed by atoms with Gasteiger partial charge in [-0.25, -0.2) is 0 Å². The van der Waals surface area contributed by atoms with Crippen LogP contribution in [0.4, 0.5) is 5.13 Å². The first-order valence-corrected chi connectivity index (χ1v) is 5.48. The summed E-state index contributed by atoms with van der Waals surface area (Å²) in [6.07, 6.45) is 0.955. The molecule has 0 amide bonds. The number of halogens is 1. The molecule has 0 aromatic carbocycles. The van der Waals surface area contributed by atoms with Crippen LogP contribution in [0.25, 0.3) is 0 Å². The van der Waals surface area contributed by atoms with Gasteiger partial charge in [0, 0.05) is 19.0 Å². The fraction of sp³-hybridized carbons (Fsp3) is 0.714. The summed E-state index contributed by atoms with van der Waals surface area (Å²) < 4.78 is 5.20. The molecule has 0 unspecified atom stereocenters. The zero-order valence-corrected chi connectivity index (χ0v) is 8.77. The van der Waals surface area contributed by atoms with Gasteiger partial charge in [0.2, 0.25) is 5.13 Å². The number of hydrogen-bond donors (Lipinski definition) is 1. The van der Waals surface area contributed by atoms with E-state index in [2.05, 4.69) is 15.5 Å². The smallest absolute Gasteiger partial charge is 0.205 e. The van der Waals surface area contributed by atoms with Crippen LogP contribution in [0, 0.1) is 0 Å². The second-order valence-corrected chi connectivity index (χ2v) is 3.54. The second-order valence-electron chi connectivity index (χ2n) is 2.33.